The Morgan fingerprint density at radius 1 is 0.969 bits per heavy atom. The molecule has 3 aromatic carbocycles. The van der Waals surface area contributed by atoms with Gasteiger partial charge in [0.15, 0.2) is 6.10 Å². The van der Waals surface area contributed by atoms with Gasteiger partial charge in [-0.05, 0) is 80.5 Å². The molecule has 166 valence electrons. The highest BCUT2D eigenvalue weighted by molar-refractivity contribution is 7.98. The lowest BCUT2D eigenvalue weighted by Crippen LogP contribution is -2.28. The van der Waals surface area contributed by atoms with E-state index >= 15 is 0 Å². The maximum atomic E-state index is 12.5. The van der Waals surface area contributed by atoms with Gasteiger partial charge in [-0.3, -0.25) is 0 Å². The molecule has 0 aliphatic carbocycles. The van der Waals surface area contributed by atoms with E-state index in [4.69, 9.17) is 4.74 Å². The van der Waals surface area contributed by atoms with Crippen LogP contribution in [0.25, 0.3) is 22.3 Å². The van der Waals surface area contributed by atoms with Crippen molar-refractivity contribution in [3.63, 3.8) is 0 Å². The molecule has 0 bridgehead atoms. The highest BCUT2D eigenvalue weighted by Gasteiger charge is 2.35. The van der Waals surface area contributed by atoms with Crippen LogP contribution >= 0.6 is 11.8 Å². The van der Waals surface area contributed by atoms with Gasteiger partial charge >= 0.3 is 5.97 Å². The minimum Gasteiger partial charge on any atom is -0.479 e. The number of benzene rings is 3. The molecule has 0 unspecified atom stereocenters. The minimum absolute atomic E-state index is 0.594. The second kappa shape index (κ2) is 8.42. The van der Waals surface area contributed by atoms with E-state index in [1.165, 1.54) is 22.3 Å². The zero-order valence-electron chi connectivity index (χ0n) is 19.6. The third-order valence-electron chi connectivity index (χ3n) is 5.95. The molecule has 0 amide bonds. The summed E-state index contributed by atoms with van der Waals surface area (Å²) in [5.74, 6) is -0.0816. The molecule has 1 aliphatic rings. The summed E-state index contributed by atoms with van der Waals surface area (Å²) in [6, 6.07) is 16.9. The first kappa shape index (κ1) is 22.6. The Morgan fingerprint density at radius 2 is 1.62 bits per heavy atom. The van der Waals surface area contributed by atoms with Gasteiger partial charge in [0.1, 0.15) is 0 Å². The zero-order valence-corrected chi connectivity index (χ0v) is 20.4. The van der Waals surface area contributed by atoms with E-state index in [2.05, 4.69) is 62.4 Å². The van der Waals surface area contributed by atoms with Crippen molar-refractivity contribution in [2.24, 2.45) is 0 Å². The van der Waals surface area contributed by atoms with Crippen LogP contribution in [-0.2, 0) is 15.3 Å². The highest BCUT2D eigenvalue weighted by Crippen LogP contribution is 2.51. The number of hydrogen-bond acceptors (Lipinski definition) is 3. The third kappa shape index (κ3) is 4.10. The Morgan fingerprint density at radius 3 is 2.25 bits per heavy atom. The summed E-state index contributed by atoms with van der Waals surface area (Å²) < 4.78 is 6.16. The van der Waals surface area contributed by atoms with E-state index in [0.717, 1.165) is 38.5 Å². The van der Waals surface area contributed by atoms with Crippen LogP contribution in [0.5, 0.6) is 0 Å². The van der Waals surface area contributed by atoms with Gasteiger partial charge in [0.25, 0.3) is 0 Å². The summed E-state index contributed by atoms with van der Waals surface area (Å²) in [5.41, 5.74) is 9.20. The van der Waals surface area contributed by atoms with Crippen molar-refractivity contribution in [2.45, 2.75) is 63.9 Å². The smallest absolute Gasteiger partial charge is 0.337 e. The Labute approximate surface area is 194 Å². The number of thioether (sulfide) groups is 1. The van der Waals surface area contributed by atoms with Crippen molar-refractivity contribution in [2.75, 3.05) is 0 Å². The van der Waals surface area contributed by atoms with Crippen LogP contribution in [0.1, 0.15) is 54.7 Å². The number of aliphatic carboxylic acids is 1. The first-order valence-corrected chi connectivity index (χ1v) is 11.9. The predicted molar refractivity (Wildman–Crippen MR) is 132 cm³/mol. The number of carboxylic acid groups (broad SMARTS) is 1. The van der Waals surface area contributed by atoms with Gasteiger partial charge in [0.2, 0.25) is 0 Å². The number of aryl methyl sites for hydroxylation is 1. The molecule has 0 radical (unpaired) electrons. The van der Waals surface area contributed by atoms with Crippen LogP contribution < -0.4 is 0 Å². The van der Waals surface area contributed by atoms with E-state index in [1.54, 1.807) is 11.8 Å². The summed E-state index contributed by atoms with van der Waals surface area (Å²) in [4.78, 5) is 13.7. The van der Waals surface area contributed by atoms with Gasteiger partial charge in [-0.25, -0.2) is 4.79 Å². The lowest BCUT2D eigenvalue weighted by Gasteiger charge is -2.32. The number of hydrogen-bond donors (Lipinski definition) is 1. The van der Waals surface area contributed by atoms with Crippen molar-refractivity contribution in [1.29, 1.82) is 0 Å². The highest BCUT2D eigenvalue weighted by atomic mass is 32.2. The average molecular weight is 447 g/mol. The molecule has 1 N–H and O–H groups in total. The maximum Gasteiger partial charge on any atom is 0.337 e. The molecule has 4 rings (SSSR count). The molecule has 0 fully saturated rings. The van der Waals surface area contributed by atoms with Gasteiger partial charge in [0, 0.05) is 16.2 Å². The molecule has 4 heteroatoms. The van der Waals surface area contributed by atoms with Crippen LogP contribution in [-0.4, -0.2) is 16.7 Å². The number of fused-ring (bicyclic) bond motifs is 3. The van der Waals surface area contributed by atoms with Crippen LogP contribution in [0.4, 0.5) is 0 Å². The Balaban J connectivity index is 2.09. The molecule has 32 heavy (non-hydrogen) atoms. The number of carboxylic acids is 1. The van der Waals surface area contributed by atoms with E-state index in [1.807, 2.05) is 27.7 Å². The second-order valence-electron chi connectivity index (χ2n) is 9.50. The summed E-state index contributed by atoms with van der Waals surface area (Å²) in [5, 5.41) is 10.3. The minimum atomic E-state index is -1.05. The van der Waals surface area contributed by atoms with E-state index in [-0.39, 0.29) is 0 Å². The summed E-state index contributed by atoms with van der Waals surface area (Å²) in [7, 11) is 0. The maximum absolute atomic E-state index is 12.5. The first-order chi connectivity index (χ1) is 15.1. The topological polar surface area (TPSA) is 46.5 Å². The average Bonchev–Trinajstić information content (AvgIpc) is 2.74. The molecule has 0 aromatic heterocycles. The molecule has 3 nitrogen and oxygen atoms in total. The number of carbonyl (C=O) groups is 1. The SMILES string of the molecule is Cc1ccc(-c2c(C)c3c(c(C)c2[C@H](OC(C)(C)C)C(=O)O)SCc2ccccc2-3)cc1. The third-order valence-corrected chi connectivity index (χ3v) is 7.20. The summed E-state index contributed by atoms with van der Waals surface area (Å²) >= 11 is 1.79. The zero-order chi connectivity index (χ0) is 23.2. The van der Waals surface area contributed by atoms with Crippen molar-refractivity contribution in [1.82, 2.24) is 0 Å². The van der Waals surface area contributed by atoms with E-state index in [9.17, 15) is 9.90 Å². The van der Waals surface area contributed by atoms with Crippen LogP contribution in [0, 0.1) is 20.8 Å². The van der Waals surface area contributed by atoms with Gasteiger partial charge in [-0.15, -0.1) is 11.8 Å². The van der Waals surface area contributed by atoms with E-state index in [0.29, 0.717) is 0 Å². The lowest BCUT2D eigenvalue weighted by molar-refractivity contribution is -0.160. The van der Waals surface area contributed by atoms with Crippen molar-refractivity contribution < 1.29 is 14.6 Å². The van der Waals surface area contributed by atoms with Crippen LogP contribution in [0.15, 0.2) is 53.4 Å². The molecular formula is C28H30O3S. The van der Waals surface area contributed by atoms with Gasteiger partial charge in [-0.2, -0.15) is 0 Å². The number of ether oxygens (including phenoxy) is 1. The Bertz CT molecular complexity index is 1190. The van der Waals surface area contributed by atoms with Crippen molar-refractivity contribution >= 4 is 17.7 Å². The molecule has 0 saturated carbocycles. The Kier molecular flexibility index (Phi) is 5.95. The second-order valence-corrected chi connectivity index (χ2v) is 10.5. The first-order valence-electron chi connectivity index (χ1n) is 10.9. The van der Waals surface area contributed by atoms with Gasteiger partial charge in [-0.1, -0.05) is 54.1 Å². The van der Waals surface area contributed by atoms with E-state index < -0.39 is 17.7 Å². The fourth-order valence-corrected chi connectivity index (χ4v) is 5.83. The van der Waals surface area contributed by atoms with Crippen molar-refractivity contribution in [3.8, 4) is 22.3 Å². The molecule has 0 saturated heterocycles. The van der Waals surface area contributed by atoms with Gasteiger partial charge in [0.05, 0.1) is 5.60 Å². The fourth-order valence-electron chi connectivity index (χ4n) is 4.55. The van der Waals surface area contributed by atoms with Crippen molar-refractivity contribution in [3.05, 3.63) is 76.3 Å². The molecule has 0 spiro atoms. The summed E-state index contributed by atoms with van der Waals surface area (Å²) in [6.45, 7) is 11.9. The molecule has 1 heterocycles. The quantitative estimate of drug-likeness (QED) is 0.451. The number of rotatable bonds is 4. The summed E-state index contributed by atoms with van der Waals surface area (Å²) in [6.07, 6.45) is -1.05. The normalized spacial score (nSPS) is 13.9. The standard InChI is InChI=1S/C28H30O3S/c1-16-11-13-19(14-12-16)22-17(2)23-21-10-8-7-9-20(21)15-32-26(23)18(3)24(22)25(27(29)30)31-28(4,5)6/h7-14,25H,15H2,1-6H3,(H,29,30)/t25-/m0/s1. The molecular weight excluding hydrogens is 416 g/mol. The molecule has 1 atom stereocenters. The van der Waals surface area contributed by atoms with Gasteiger partial charge < -0.3 is 9.84 Å². The fraction of sp³-hybridized carbons (Fsp3) is 0.321. The predicted octanol–water partition coefficient (Wildman–Crippen LogP) is 7.49. The lowest BCUT2D eigenvalue weighted by atomic mass is 9.82. The largest absolute Gasteiger partial charge is 0.479 e. The van der Waals surface area contributed by atoms with Crippen LogP contribution in [0.3, 0.4) is 0 Å². The monoisotopic (exact) mass is 446 g/mol. The molecule has 3 aromatic rings. The molecule has 1 aliphatic heterocycles. The van der Waals surface area contributed by atoms with Crippen LogP contribution in [0.2, 0.25) is 0 Å². The Hall–Kier alpha value is -2.56.